The number of nitrogens with zero attached hydrogens (tertiary/aromatic N) is 2. The standard InChI is InChI=1S/C16H19N3O3/c1-11(20)12-3-4-13(10-17)15(9-12)18-14-5-7-19(8-6-14)16(21)22-2/h3-4,9,14,18H,5-8H2,1-2H3. The molecule has 1 aliphatic heterocycles. The number of nitriles is 1. The number of likely N-dealkylation sites (tertiary alicyclic amines) is 1. The minimum atomic E-state index is -0.310. The fourth-order valence-electron chi connectivity index (χ4n) is 2.54. The molecule has 2 rings (SSSR count). The van der Waals surface area contributed by atoms with Crippen molar-refractivity contribution in [3.8, 4) is 6.07 Å². The molecule has 1 saturated heterocycles. The summed E-state index contributed by atoms with van der Waals surface area (Å²) in [6.45, 7) is 2.72. The van der Waals surface area contributed by atoms with E-state index in [-0.39, 0.29) is 17.9 Å². The SMILES string of the molecule is COC(=O)N1CCC(Nc2cc(C(C)=O)ccc2C#N)CC1. The highest BCUT2D eigenvalue weighted by molar-refractivity contribution is 5.95. The van der Waals surface area contributed by atoms with E-state index in [0.717, 1.165) is 12.8 Å². The second-order valence-electron chi connectivity index (χ2n) is 5.30. The average molecular weight is 301 g/mol. The van der Waals surface area contributed by atoms with Gasteiger partial charge in [0.25, 0.3) is 0 Å². The molecule has 0 saturated carbocycles. The number of nitrogens with one attached hydrogen (secondary N) is 1. The summed E-state index contributed by atoms with van der Waals surface area (Å²) < 4.78 is 4.71. The molecule has 1 fully saturated rings. The van der Waals surface area contributed by atoms with Crippen LogP contribution in [0.5, 0.6) is 0 Å². The van der Waals surface area contributed by atoms with E-state index in [1.54, 1.807) is 23.1 Å². The third-order valence-corrected chi connectivity index (χ3v) is 3.83. The molecule has 1 aromatic rings. The molecule has 6 heteroatoms. The summed E-state index contributed by atoms with van der Waals surface area (Å²) in [5, 5.41) is 12.5. The fraction of sp³-hybridized carbons (Fsp3) is 0.438. The van der Waals surface area contributed by atoms with Crippen LogP contribution in [0.25, 0.3) is 0 Å². The van der Waals surface area contributed by atoms with Crippen LogP contribution in [0.4, 0.5) is 10.5 Å². The molecule has 0 aromatic heterocycles. The number of hydrogen-bond acceptors (Lipinski definition) is 5. The maximum absolute atomic E-state index is 11.5. The molecule has 1 aromatic carbocycles. The van der Waals surface area contributed by atoms with E-state index in [1.165, 1.54) is 14.0 Å². The van der Waals surface area contributed by atoms with Gasteiger partial charge < -0.3 is 15.0 Å². The molecule has 1 amide bonds. The Labute approximate surface area is 129 Å². The van der Waals surface area contributed by atoms with Gasteiger partial charge in [0.2, 0.25) is 0 Å². The average Bonchev–Trinajstić information content (AvgIpc) is 2.54. The number of methoxy groups -OCH3 is 1. The third kappa shape index (κ3) is 3.55. The van der Waals surface area contributed by atoms with Crippen LogP contribution < -0.4 is 5.32 Å². The van der Waals surface area contributed by atoms with Gasteiger partial charge in [-0.25, -0.2) is 4.79 Å². The summed E-state index contributed by atoms with van der Waals surface area (Å²) in [6.07, 6.45) is 1.23. The highest BCUT2D eigenvalue weighted by Gasteiger charge is 2.23. The Kier molecular flexibility index (Phi) is 4.99. The molecule has 1 heterocycles. The summed E-state index contributed by atoms with van der Waals surface area (Å²) in [4.78, 5) is 24.6. The van der Waals surface area contributed by atoms with E-state index in [9.17, 15) is 14.9 Å². The zero-order valence-electron chi connectivity index (χ0n) is 12.8. The Morgan fingerprint density at radius 3 is 2.59 bits per heavy atom. The van der Waals surface area contributed by atoms with Gasteiger partial charge in [-0.1, -0.05) is 0 Å². The summed E-state index contributed by atoms with van der Waals surface area (Å²) in [5.41, 5.74) is 1.76. The predicted molar refractivity (Wildman–Crippen MR) is 81.8 cm³/mol. The predicted octanol–water partition coefficient (Wildman–Crippen LogP) is 2.40. The van der Waals surface area contributed by atoms with Crippen molar-refractivity contribution in [2.45, 2.75) is 25.8 Å². The molecule has 0 spiro atoms. The maximum Gasteiger partial charge on any atom is 0.409 e. The van der Waals surface area contributed by atoms with Crippen molar-refractivity contribution in [2.24, 2.45) is 0 Å². The molecule has 0 radical (unpaired) electrons. The van der Waals surface area contributed by atoms with Gasteiger partial charge in [0.15, 0.2) is 5.78 Å². The number of piperidine rings is 1. The van der Waals surface area contributed by atoms with E-state index in [1.807, 2.05) is 0 Å². The van der Waals surface area contributed by atoms with Crippen molar-refractivity contribution in [3.05, 3.63) is 29.3 Å². The molecule has 1 N–H and O–H groups in total. The number of rotatable bonds is 3. The third-order valence-electron chi connectivity index (χ3n) is 3.83. The van der Waals surface area contributed by atoms with Crippen LogP contribution in [0.15, 0.2) is 18.2 Å². The summed E-state index contributed by atoms with van der Waals surface area (Å²) >= 11 is 0. The molecular formula is C16H19N3O3. The second-order valence-corrected chi connectivity index (χ2v) is 5.30. The molecule has 1 aliphatic rings. The van der Waals surface area contributed by atoms with Crippen molar-refractivity contribution in [3.63, 3.8) is 0 Å². The first-order chi connectivity index (χ1) is 10.5. The normalized spacial score (nSPS) is 15.0. The van der Waals surface area contributed by atoms with Crippen LogP contribution >= 0.6 is 0 Å². The first kappa shape index (κ1) is 15.8. The van der Waals surface area contributed by atoms with Crippen LogP contribution in [-0.2, 0) is 4.74 Å². The molecule has 116 valence electrons. The first-order valence-electron chi connectivity index (χ1n) is 7.19. The van der Waals surface area contributed by atoms with Gasteiger partial charge in [-0.3, -0.25) is 4.79 Å². The van der Waals surface area contributed by atoms with Gasteiger partial charge in [0, 0.05) is 24.7 Å². The lowest BCUT2D eigenvalue weighted by molar-refractivity contribution is 0.101. The van der Waals surface area contributed by atoms with Gasteiger partial charge in [-0.05, 0) is 38.0 Å². The van der Waals surface area contributed by atoms with Crippen molar-refractivity contribution < 1.29 is 14.3 Å². The fourth-order valence-corrected chi connectivity index (χ4v) is 2.54. The Morgan fingerprint density at radius 1 is 1.36 bits per heavy atom. The van der Waals surface area contributed by atoms with Crippen molar-refractivity contribution in [1.82, 2.24) is 4.90 Å². The summed E-state index contributed by atoms with van der Waals surface area (Å²) in [6, 6.07) is 7.32. The quantitative estimate of drug-likeness (QED) is 0.867. The lowest BCUT2D eigenvalue weighted by Gasteiger charge is -2.32. The van der Waals surface area contributed by atoms with Gasteiger partial charge in [0.05, 0.1) is 18.4 Å². The largest absolute Gasteiger partial charge is 0.453 e. The van der Waals surface area contributed by atoms with E-state index in [4.69, 9.17) is 4.74 Å². The van der Waals surface area contributed by atoms with E-state index in [2.05, 4.69) is 11.4 Å². The van der Waals surface area contributed by atoms with Crippen LogP contribution in [0, 0.1) is 11.3 Å². The monoisotopic (exact) mass is 301 g/mol. The smallest absolute Gasteiger partial charge is 0.409 e. The molecule has 22 heavy (non-hydrogen) atoms. The highest BCUT2D eigenvalue weighted by Crippen LogP contribution is 2.22. The Morgan fingerprint density at radius 2 is 2.05 bits per heavy atom. The number of anilines is 1. The van der Waals surface area contributed by atoms with E-state index in [0.29, 0.717) is 29.9 Å². The molecule has 6 nitrogen and oxygen atoms in total. The number of amides is 1. The summed E-state index contributed by atoms with van der Waals surface area (Å²) in [5.74, 6) is -0.0342. The zero-order valence-corrected chi connectivity index (χ0v) is 12.8. The molecular weight excluding hydrogens is 282 g/mol. The van der Waals surface area contributed by atoms with Crippen LogP contribution in [0.3, 0.4) is 0 Å². The van der Waals surface area contributed by atoms with E-state index < -0.39 is 0 Å². The van der Waals surface area contributed by atoms with Gasteiger partial charge in [-0.2, -0.15) is 5.26 Å². The number of Topliss-reactive ketones (excluding diaryl/α,β-unsaturated/α-hetero) is 1. The highest BCUT2D eigenvalue weighted by atomic mass is 16.5. The van der Waals surface area contributed by atoms with Gasteiger partial charge >= 0.3 is 6.09 Å². The number of carbonyl (C=O) groups excluding carboxylic acids is 2. The Bertz CT molecular complexity index is 614. The minimum absolute atomic E-state index is 0.0342. The van der Waals surface area contributed by atoms with Crippen molar-refractivity contribution in [2.75, 3.05) is 25.5 Å². The number of hydrogen-bond donors (Lipinski definition) is 1. The Balaban J connectivity index is 2.05. The minimum Gasteiger partial charge on any atom is -0.453 e. The molecule has 0 unspecified atom stereocenters. The number of ether oxygens (including phenoxy) is 1. The lowest BCUT2D eigenvalue weighted by atomic mass is 10.0. The number of benzene rings is 1. The number of carbonyl (C=O) groups is 2. The van der Waals surface area contributed by atoms with Gasteiger partial charge in [0.1, 0.15) is 6.07 Å². The zero-order chi connectivity index (χ0) is 16.1. The van der Waals surface area contributed by atoms with Crippen LogP contribution in [0.1, 0.15) is 35.7 Å². The number of ketones is 1. The van der Waals surface area contributed by atoms with Crippen LogP contribution in [0.2, 0.25) is 0 Å². The van der Waals surface area contributed by atoms with Crippen molar-refractivity contribution in [1.29, 1.82) is 5.26 Å². The molecule has 0 atom stereocenters. The van der Waals surface area contributed by atoms with Crippen molar-refractivity contribution >= 4 is 17.6 Å². The van der Waals surface area contributed by atoms with Crippen LogP contribution in [-0.4, -0.2) is 43.0 Å². The van der Waals surface area contributed by atoms with E-state index >= 15 is 0 Å². The van der Waals surface area contributed by atoms with Gasteiger partial charge in [-0.15, -0.1) is 0 Å². The Hall–Kier alpha value is -2.55. The molecule has 0 bridgehead atoms. The maximum atomic E-state index is 11.5. The lowest BCUT2D eigenvalue weighted by Crippen LogP contribution is -2.42. The topological polar surface area (TPSA) is 82.4 Å². The first-order valence-corrected chi connectivity index (χ1v) is 7.19. The molecule has 0 aliphatic carbocycles. The summed E-state index contributed by atoms with van der Waals surface area (Å²) in [7, 11) is 1.37. The second kappa shape index (κ2) is 6.94.